The highest BCUT2D eigenvalue weighted by Crippen LogP contribution is 2.31. The molecule has 1 nitrogen and oxygen atoms in total. The Kier molecular flexibility index (Phi) is 3.19. The van der Waals surface area contributed by atoms with Gasteiger partial charge in [-0.15, -0.1) is 0 Å². The fourth-order valence-corrected chi connectivity index (χ4v) is 1.95. The molecule has 0 aliphatic carbocycles. The van der Waals surface area contributed by atoms with E-state index >= 15 is 0 Å². The molecule has 0 heterocycles. The van der Waals surface area contributed by atoms with Crippen LogP contribution in [0.15, 0.2) is 48.5 Å². The molecule has 2 aromatic rings. The summed E-state index contributed by atoms with van der Waals surface area (Å²) in [5.74, 6) is 0.776. The monoisotopic (exact) mass is 225 g/mol. The van der Waals surface area contributed by atoms with Gasteiger partial charge in [-0.25, -0.2) is 0 Å². The Labute approximate surface area is 103 Å². The van der Waals surface area contributed by atoms with E-state index < -0.39 is 0 Å². The largest absolute Gasteiger partial charge is 0.496 e. The summed E-state index contributed by atoms with van der Waals surface area (Å²) >= 11 is 0. The minimum atomic E-state index is -0.00989. The first-order valence-electron chi connectivity index (χ1n) is 5.76. The third kappa shape index (κ3) is 2.33. The van der Waals surface area contributed by atoms with E-state index in [0.717, 1.165) is 5.75 Å². The summed E-state index contributed by atoms with van der Waals surface area (Å²) in [5, 5.41) is 0. The predicted molar refractivity (Wildman–Crippen MR) is 70.4 cm³/mol. The van der Waals surface area contributed by atoms with Gasteiger partial charge in [0.25, 0.3) is 0 Å². The van der Waals surface area contributed by atoms with E-state index in [0.29, 0.717) is 0 Å². The van der Waals surface area contributed by atoms with Gasteiger partial charge in [0.15, 0.2) is 0 Å². The summed E-state index contributed by atoms with van der Waals surface area (Å²) < 4.78 is 5.13. The highest BCUT2D eigenvalue weighted by Gasteiger charge is 2.22. The van der Waals surface area contributed by atoms with Crippen LogP contribution in [-0.4, -0.2) is 7.11 Å². The molecular weight excluding hydrogens is 208 g/mol. The molecule has 1 radical (unpaired) electrons. The van der Waals surface area contributed by atoms with Crippen LogP contribution in [-0.2, 0) is 5.41 Å². The van der Waals surface area contributed by atoms with E-state index in [1.165, 1.54) is 11.1 Å². The maximum atomic E-state index is 5.13. The minimum Gasteiger partial charge on any atom is -0.496 e. The molecule has 0 fully saturated rings. The third-order valence-electron chi connectivity index (χ3n) is 3.22. The Bertz CT molecular complexity index is 469. The van der Waals surface area contributed by atoms with Gasteiger partial charge in [0.2, 0.25) is 0 Å². The molecule has 0 aromatic heterocycles. The molecule has 17 heavy (non-hydrogen) atoms. The summed E-state index contributed by atoms with van der Waals surface area (Å²) in [5.41, 5.74) is 2.53. The van der Waals surface area contributed by atoms with Crippen molar-refractivity contribution in [3.05, 3.63) is 65.7 Å². The van der Waals surface area contributed by atoms with Crippen molar-refractivity contribution in [1.29, 1.82) is 0 Å². The van der Waals surface area contributed by atoms with Crippen LogP contribution in [0.3, 0.4) is 0 Å². The molecule has 2 rings (SSSR count). The van der Waals surface area contributed by atoms with Crippen LogP contribution in [0, 0.1) is 6.07 Å². The van der Waals surface area contributed by atoms with Crippen LogP contribution < -0.4 is 4.74 Å². The van der Waals surface area contributed by atoms with Crippen LogP contribution in [0.1, 0.15) is 25.0 Å². The van der Waals surface area contributed by atoms with Gasteiger partial charge in [0.1, 0.15) is 5.75 Å². The summed E-state index contributed by atoms with van der Waals surface area (Å²) in [4.78, 5) is 0. The molecule has 0 spiro atoms. The molecule has 0 bridgehead atoms. The molecule has 0 N–H and O–H groups in total. The van der Waals surface area contributed by atoms with Crippen LogP contribution in [0.25, 0.3) is 0 Å². The topological polar surface area (TPSA) is 9.23 Å². The van der Waals surface area contributed by atoms with Crippen molar-refractivity contribution in [2.24, 2.45) is 0 Å². The molecule has 0 aliphatic rings. The maximum absolute atomic E-state index is 5.13. The summed E-state index contributed by atoms with van der Waals surface area (Å²) in [6, 6.07) is 19.7. The normalized spacial score (nSPS) is 11.2. The zero-order valence-electron chi connectivity index (χ0n) is 10.5. The summed E-state index contributed by atoms with van der Waals surface area (Å²) in [7, 11) is 1.66. The number of hydrogen-bond donors (Lipinski definition) is 0. The van der Waals surface area contributed by atoms with E-state index in [-0.39, 0.29) is 5.41 Å². The Morgan fingerprint density at radius 3 is 2.18 bits per heavy atom. The van der Waals surface area contributed by atoms with E-state index in [9.17, 15) is 0 Å². The Hall–Kier alpha value is -1.76. The fraction of sp³-hybridized carbons (Fsp3) is 0.250. The van der Waals surface area contributed by atoms with Crippen LogP contribution >= 0.6 is 0 Å². The van der Waals surface area contributed by atoms with Gasteiger partial charge in [-0.2, -0.15) is 0 Å². The van der Waals surface area contributed by atoms with E-state index in [1.807, 2.05) is 18.2 Å². The number of benzene rings is 2. The Balaban J connectivity index is 2.37. The average Bonchev–Trinajstić information content (AvgIpc) is 2.40. The maximum Gasteiger partial charge on any atom is 0.126 e. The van der Waals surface area contributed by atoms with Crippen LogP contribution in [0.5, 0.6) is 5.75 Å². The standard InChI is InChI=1S/C16H17O/c1-16(2,13-7-5-4-6-8-13)14-9-11-15(17-3)12-10-14/h4-11H,1-3H3. The number of hydrogen-bond acceptors (Lipinski definition) is 1. The SMILES string of the molecule is COc1[c]cc(C(C)(C)c2ccccc2)cc1. The second kappa shape index (κ2) is 4.62. The number of rotatable bonds is 3. The first-order valence-corrected chi connectivity index (χ1v) is 5.76. The smallest absolute Gasteiger partial charge is 0.126 e. The zero-order chi connectivity index (χ0) is 12.3. The van der Waals surface area contributed by atoms with Gasteiger partial charge in [0, 0.05) is 11.5 Å². The molecular formula is C16H17O. The van der Waals surface area contributed by atoms with Gasteiger partial charge >= 0.3 is 0 Å². The van der Waals surface area contributed by atoms with Gasteiger partial charge in [-0.05, 0) is 23.3 Å². The Morgan fingerprint density at radius 1 is 0.941 bits per heavy atom. The predicted octanol–water partition coefficient (Wildman–Crippen LogP) is 3.82. The minimum absolute atomic E-state index is 0.00989. The number of methoxy groups -OCH3 is 1. The van der Waals surface area contributed by atoms with Crippen LogP contribution in [0.2, 0.25) is 0 Å². The molecule has 1 heteroatoms. The Morgan fingerprint density at radius 2 is 1.65 bits per heavy atom. The molecule has 0 saturated heterocycles. The first kappa shape index (κ1) is 11.7. The lowest BCUT2D eigenvalue weighted by atomic mass is 9.78. The van der Waals surface area contributed by atoms with Crippen molar-refractivity contribution >= 4 is 0 Å². The van der Waals surface area contributed by atoms with Gasteiger partial charge in [0.05, 0.1) is 7.11 Å². The second-order valence-electron chi connectivity index (χ2n) is 4.64. The highest BCUT2D eigenvalue weighted by molar-refractivity contribution is 5.39. The van der Waals surface area contributed by atoms with Crippen molar-refractivity contribution in [3.63, 3.8) is 0 Å². The van der Waals surface area contributed by atoms with Crippen molar-refractivity contribution in [2.45, 2.75) is 19.3 Å². The third-order valence-corrected chi connectivity index (χ3v) is 3.22. The fourth-order valence-electron chi connectivity index (χ4n) is 1.95. The van der Waals surface area contributed by atoms with Crippen molar-refractivity contribution in [1.82, 2.24) is 0 Å². The van der Waals surface area contributed by atoms with Gasteiger partial charge < -0.3 is 4.74 Å². The summed E-state index contributed by atoms with van der Waals surface area (Å²) in [6.07, 6.45) is 0. The molecule has 0 atom stereocenters. The number of ether oxygens (including phenoxy) is 1. The van der Waals surface area contributed by atoms with Crippen molar-refractivity contribution in [3.8, 4) is 5.75 Å². The van der Waals surface area contributed by atoms with Gasteiger partial charge in [-0.1, -0.05) is 50.2 Å². The quantitative estimate of drug-likeness (QED) is 0.771. The van der Waals surface area contributed by atoms with Gasteiger partial charge in [-0.3, -0.25) is 0 Å². The van der Waals surface area contributed by atoms with E-state index in [4.69, 9.17) is 4.74 Å². The van der Waals surface area contributed by atoms with E-state index in [1.54, 1.807) is 7.11 Å². The summed E-state index contributed by atoms with van der Waals surface area (Å²) in [6.45, 7) is 4.44. The molecule has 0 amide bonds. The van der Waals surface area contributed by atoms with E-state index in [2.05, 4.69) is 50.2 Å². The highest BCUT2D eigenvalue weighted by atomic mass is 16.5. The lowest BCUT2D eigenvalue weighted by Crippen LogP contribution is -2.18. The molecule has 87 valence electrons. The van der Waals surface area contributed by atoms with Crippen LogP contribution in [0.4, 0.5) is 0 Å². The molecule has 0 aliphatic heterocycles. The zero-order valence-corrected chi connectivity index (χ0v) is 10.5. The van der Waals surface area contributed by atoms with Crippen molar-refractivity contribution < 1.29 is 4.74 Å². The average molecular weight is 225 g/mol. The second-order valence-corrected chi connectivity index (χ2v) is 4.64. The van der Waals surface area contributed by atoms with Crippen molar-refractivity contribution in [2.75, 3.05) is 7.11 Å². The molecule has 2 aromatic carbocycles. The molecule has 0 unspecified atom stereocenters. The lowest BCUT2D eigenvalue weighted by Gasteiger charge is -2.26. The lowest BCUT2D eigenvalue weighted by molar-refractivity contribution is 0.413. The first-order chi connectivity index (χ1) is 8.14. The molecule has 0 saturated carbocycles.